The molecular weight excluding hydrogens is 246 g/mol. The summed E-state index contributed by atoms with van der Waals surface area (Å²) in [6.07, 6.45) is -0.993. The standard InChI is InChI=1S/C11H16F2N2OS/c1-7(17(2)16)6-15-10-4-3-8(14)5-9(10)11(12)13/h3-5,7,11,15H,6,14H2,1-2H3. The Morgan fingerprint density at radius 2 is 2.12 bits per heavy atom. The van der Waals surface area contributed by atoms with Gasteiger partial charge in [0.1, 0.15) is 0 Å². The van der Waals surface area contributed by atoms with E-state index in [1.165, 1.54) is 12.1 Å². The maximum atomic E-state index is 12.7. The third-order valence-corrected chi connectivity index (χ3v) is 3.76. The van der Waals surface area contributed by atoms with Crippen LogP contribution >= 0.6 is 0 Å². The Balaban J connectivity index is 2.80. The van der Waals surface area contributed by atoms with E-state index in [9.17, 15) is 13.0 Å². The highest BCUT2D eigenvalue weighted by atomic mass is 32.2. The van der Waals surface area contributed by atoms with Crippen molar-refractivity contribution in [2.75, 3.05) is 23.9 Å². The van der Waals surface area contributed by atoms with Gasteiger partial charge in [-0.05, 0) is 25.1 Å². The minimum absolute atomic E-state index is 0.0990. The minimum Gasteiger partial charge on any atom is -0.399 e. The predicted octanol–water partition coefficient (Wildman–Crippen LogP) is 2.39. The number of halogens is 2. The second-order valence-corrected chi connectivity index (χ2v) is 5.64. The van der Waals surface area contributed by atoms with E-state index in [0.717, 1.165) is 0 Å². The second kappa shape index (κ2) is 5.95. The van der Waals surface area contributed by atoms with Crippen molar-refractivity contribution in [3.8, 4) is 0 Å². The van der Waals surface area contributed by atoms with Gasteiger partial charge >= 0.3 is 0 Å². The molecule has 0 saturated carbocycles. The number of nitrogens with one attached hydrogen (secondary N) is 1. The molecule has 2 atom stereocenters. The first-order valence-corrected chi connectivity index (χ1v) is 6.77. The van der Waals surface area contributed by atoms with Crippen molar-refractivity contribution in [3.63, 3.8) is 0 Å². The normalized spacial score (nSPS) is 14.6. The van der Waals surface area contributed by atoms with Gasteiger partial charge in [-0.25, -0.2) is 8.78 Å². The molecule has 3 nitrogen and oxygen atoms in total. The molecule has 0 fully saturated rings. The van der Waals surface area contributed by atoms with Crippen molar-refractivity contribution in [1.82, 2.24) is 0 Å². The van der Waals surface area contributed by atoms with Crippen LogP contribution in [0.1, 0.15) is 18.9 Å². The Labute approximate surface area is 102 Å². The average Bonchev–Trinajstić information content (AvgIpc) is 2.26. The van der Waals surface area contributed by atoms with Crippen molar-refractivity contribution in [2.45, 2.75) is 18.6 Å². The fourth-order valence-corrected chi connectivity index (χ4v) is 1.61. The maximum Gasteiger partial charge on any atom is 0.265 e. The quantitative estimate of drug-likeness (QED) is 0.801. The molecule has 1 aromatic rings. The van der Waals surface area contributed by atoms with E-state index < -0.39 is 17.2 Å². The number of hydrogen-bond donors (Lipinski definition) is 2. The van der Waals surface area contributed by atoms with Crippen LogP contribution in [0.3, 0.4) is 0 Å². The van der Waals surface area contributed by atoms with Gasteiger partial charge in [-0.2, -0.15) is 0 Å². The van der Waals surface area contributed by atoms with Gasteiger partial charge in [-0.3, -0.25) is 4.21 Å². The Bertz CT molecular complexity index is 412. The number of rotatable bonds is 5. The summed E-state index contributed by atoms with van der Waals surface area (Å²) in [7, 11) is -0.980. The highest BCUT2D eigenvalue weighted by Crippen LogP contribution is 2.28. The van der Waals surface area contributed by atoms with Crippen LogP contribution in [-0.4, -0.2) is 22.3 Å². The van der Waals surface area contributed by atoms with Crippen LogP contribution < -0.4 is 11.1 Å². The molecule has 17 heavy (non-hydrogen) atoms. The van der Waals surface area contributed by atoms with Gasteiger partial charge in [0, 0.05) is 45.8 Å². The molecule has 0 bridgehead atoms. The Hall–Kier alpha value is -1.17. The van der Waals surface area contributed by atoms with E-state index in [2.05, 4.69) is 5.32 Å². The fourth-order valence-electron chi connectivity index (χ4n) is 1.29. The summed E-state index contributed by atoms with van der Waals surface area (Å²) in [4.78, 5) is 0. The lowest BCUT2D eigenvalue weighted by Crippen LogP contribution is -2.21. The molecule has 3 N–H and O–H groups in total. The zero-order chi connectivity index (χ0) is 13.0. The van der Waals surface area contributed by atoms with Gasteiger partial charge < -0.3 is 11.1 Å². The Morgan fingerprint density at radius 1 is 1.47 bits per heavy atom. The largest absolute Gasteiger partial charge is 0.399 e. The molecule has 0 amide bonds. The van der Waals surface area contributed by atoms with E-state index >= 15 is 0 Å². The Kier molecular flexibility index (Phi) is 4.86. The molecule has 2 unspecified atom stereocenters. The van der Waals surface area contributed by atoms with E-state index in [-0.39, 0.29) is 10.8 Å². The van der Waals surface area contributed by atoms with Gasteiger partial charge in [-0.15, -0.1) is 0 Å². The fraction of sp³-hybridized carbons (Fsp3) is 0.455. The summed E-state index contributed by atoms with van der Waals surface area (Å²) in [5.74, 6) is 0. The topological polar surface area (TPSA) is 55.1 Å². The Morgan fingerprint density at radius 3 is 2.65 bits per heavy atom. The van der Waals surface area contributed by atoms with Gasteiger partial charge in [-0.1, -0.05) is 0 Å². The van der Waals surface area contributed by atoms with Crippen LogP contribution in [0, 0.1) is 0 Å². The zero-order valence-corrected chi connectivity index (χ0v) is 10.6. The van der Waals surface area contributed by atoms with Crippen LogP contribution in [0.5, 0.6) is 0 Å². The molecule has 0 radical (unpaired) electrons. The molecule has 0 aromatic heterocycles. The van der Waals surface area contributed by atoms with Gasteiger partial charge in [0.2, 0.25) is 0 Å². The lowest BCUT2D eigenvalue weighted by Gasteiger charge is -2.15. The first kappa shape index (κ1) is 13.9. The second-order valence-electron chi connectivity index (χ2n) is 3.84. The summed E-state index contributed by atoms with van der Waals surface area (Å²) < 4.78 is 36.6. The predicted molar refractivity (Wildman–Crippen MR) is 67.8 cm³/mol. The lowest BCUT2D eigenvalue weighted by molar-refractivity contribution is 0.152. The molecule has 6 heteroatoms. The third-order valence-electron chi connectivity index (χ3n) is 2.46. The SMILES string of the molecule is CC(CNc1ccc(N)cc1C(F)F)S(C)=O. The first-order chi connectivity index (χ1) is 7.91. The summed E-state index contributed by atoms with van der Waals surface area (Å²) in [6.45, 7) is 2.18. The van der Waals surface area contributed by atoms with Crippen LogP contribution in [0.4, 0.5) is 20.2 Å². The van der Waals surface area contributed by atoms with E-state index in [0.29, 0.717) is 17.9 Å². The van der Waals surface area contributed by atoms with Crippen LogP contribution in [0.25, 0.3) is 0 Å². The molecule has 0 spiro atoms. The number of nitrogens with two attached hydrogens (primary N) is 1. The van der Waals surface area contributed by atoms with Crippen molar-refractivity contribution in [2.24, 2.45) is 0 Å². The van der Waals surface area contributed by atoms with Crippen LogP contribution in [0.15, 0.2) is 18.2 Å². The van der Waals surface area contributed by atoms with Crippen molar-refractivity contribution >= 4 is 22.2 Å². The molecule has 0 heterocycles. The molecule has 1 rings (SSSR count). The van der Waals surface area contributed by atoms with Crippen molar-refractivity contribution in [3.05, 3.63) is 23.8 Å². The highest BCUT2D eigenvalue weighted by Gasteiger charge is 2.14. The number of alkyl halides is 2. The molecule has 0 aliphatic heterocycles. The summed E-state index contributed by atoms with van der Waals surface area (Å²) in [5.41, 5.74) is 5.98. The summed E-state index contributed by atoms with van der Waals surface area (Å²) in [6, 6.07) is 4.32. The maximum absolute atomic E-state index is 12.7. The van der Waals surface area contributed by atoms with Gasteiger partial charge in [0.25, 0.3) is 6.43 Å². The van der Waals surface area contributed by atoms with Gasteiger partial charge in [0.05, 0.1) is 0 Å². The van der Waals surface area contributed by atoms with E-state index in [1.54, 1.807) is 19.2 Å². The minimum atomic E-state index is -2.58. The third kappa shape index (κ3) is 3.96. The van der Waals surface area contributed by atoms with E-state index in [4.69, 9.17) is 5.73 Å². The number of hydrogen-bond acceptors (Lipinski definition) is 3. The van der Waals surface area contributed by atoms with Crippen molar-refractivity contribution in [1.29, 1.82) is 0 Å². The van der Waals surface area contributed by atoms with Gasteiger partial charge in [0.15, 0.2) is 0 Å². The van der Waals surface area contributed by atoms with Crippen molar-refractivity contribution < 1.29 is 13.0 Å². The monoisotopic (exact) mass is 262 g/mol. The van der Waals surface area contributed by atoms with Crippen LogP contribution in [0.2, 0.25) is 0 Å². The smallest absolute Gasteiger partial charge is 0.265 e. The zero-order valence-electron chi connectivity index (χ0n) is 9.74. The summed E-state index contributed by atoms with van der Waals surface area (Å²) in [5, 5.41) is 2.78. The molecule has 96 valence electrons. The number of anilines is 2. The van der Waals surface area contributed by atoms with E-state index in [1.807, 2.05) is 0 Å². The lowest BCUT2D eigenvalue weighted by atomic mass is 10.1. The summed E-state index contributed by atoms with van der Waals surface area (Å²) >= 11 is 0. The molecule has 0 saturated heterocycles. The molecule has 1 aromatic carbocycles. The first-order valence-electron chi connectivity index (χ1n) is 5.15. The van der Waals surface area contributed by atoms with Crippen LogP contribution in [-0.2, 0) is 10.8 Å². The highest BCUT2D eigenvalue weighted by molar-refractivity contribution is 7.84. The average molecular weight is 262 g/mol. The molecular formula is C11H16F2N2OS. The number of benzene rings is 1. The molecule has 0 aliphatic rings. The molecule has 0 aliphatic carbocycles. The number of nitrogen functional groups attached to an aromatic ring is 1.